The number of pyridine rings is 2. The van der Waals surface area contributed by atoms with Crippen molar-refractivity contribution in [3.8, 4) is 56.5 Å². The van der Waals surface area contributed by atoms with Gasteiger partial charge in [0.05, 0.1) is 5.69 Å². The highest BCUT2D eigenvalue weighted by atomic mass is 16.3. The first kappa shape index (κ1) is 24.5. The van der Waals surface area contributed by atoms with Gasteiger partial charge in [-0.15, -0.1) is 0 Å². The van der Waals surface area contributed by atoms with Gasteiger partial charge in [0.2, 0.25) is 11.5 Å². The fourth-order valence-electron chi connectivity index (χ4n) is 5.60. The van der Waals surface area contributed by atoms with E-state index in [1.807, 2.05) is 84.9 Å². The number of fused-ring (bicyclic) bond motifs is 3. The molecule has 6 nitrogen and oxygen atoms in total. The van der Waals surface area contributed by atoms with Gasteiger partial charge in [-0.05, 0) is 62.4 Å². The van der Waals surface area contributed by atoms with Crippen LogP contribution in [0.1, 0.15) is 0 Å². The third kappa shape index (κ3) is 3.74. The Bertz CT molecular complexity index is 2070. The average molecular weight is 532 g/mol. The summed E-state index contributed by atoms with van der Waals surface area (Å²) < 4.78 is 0. The van der Waals surface area contributed by atoms with E-state index >= 15 is 0 Å². The Balaban J connectivity index is 1.48. The second-order valence-corrected chi connectivity index (χ2v) is 9.85. The Labute approximate surface area is 235 Å². The molecule has 4 N–H and O–H groups in total. The molecule has 2 radical (unpaired) electrons. The minimum atomic E-state index is -0.870. The molecule has 7 heteroatoms. The maximum Gasteiger partial charge on any atom is 0.204 e. The van der Waals surface area contributed by atoms with Gasteiger partial charge in [-0.2, -0.15) is 0 Å². The number of aromatic hydroxyl groups is 4. The molecular formula is C34H21BN2O4. The van der Waals surface area contributed by atoms with E-state index in [1.54, 1.807) is 6.20 Å². The van der Waals surface area contributed by atoms with Crippen molar-refractivity contribution in [2.24, 2.45) is 0 Å². The van der Waals surface area contributed by atoms with Gasteiger partial charge in [-0.25, -0.2) is 9.97 Å². The van der Waals surface area contributed by atoms with Crippen molar-refractivity contribution in [3.63, 3.8) is 0 Å². The maximum absolute atomic E-state index is 10.9. The van der Waals surface area contributed by atoms with Gasteiger partial charge in [0, 0.05) is 28.3 Å². The highest BCUT2D eigenvalue weighted by Crippen LogP contribution is 2.50. The number of phenolic OH excluding ortho intramolecular Hbond substituents is 4. The average Bonchev–Trinajstić information content (AvgIpc) is 3.02. The van der Waals surface area contributed by atoms with Crippen LogP contribution in [0.15, 0.2) is 103 Å². The van der Waals surface area contributed by atoms with Crippen molar-refractivity contribution >= 4 is 45.9 Å². The fraction of sp³-hybridized carbons (Fsp3) is 0. The number of hydrogen-bond acceptors (Lipinski definition) is 6. The molecule has 0 aliphatic carbocycles. The molecule has 2 aromatic heterocycles. The van der Waals surface area contributed by atoms with Crippen LogP contribution in [0.3, 0.4) is 0 Å². The van der Waals surface area contributed by atoms with E-state index in [9.17, 15) is 20.4 Å². The molecule has 0 bridgehead atoms. The number of aromatic nitrogens is 2. The Morgan fingerprint density at radius 1 is 0.488 bits per heavy atom. The molecule has 0 atom stereocenters. The van der Waals surface area contributed by atoms with E-state index in [0.29, 0.717) is 11.2 Å². The lowest BCUT2D eigenvalue weighted by Crippen LogP contribution is -2.09. The normalized spacial score (nSPS) is 11.4. The summed E-state index contributed by atoms with van der Waals surface area (Å²) in [5, 5.41) is 46.1. The number of rotatable bonds is 3. The predicted octanol–water partition coefficient (Wildman–Crippen LogP) is 6.55. The van der Waals surface area contributed by atoms with Gasteiger partial charge in [0.15, 0.2) is 17.1 Å². The van der Waals surface area contributed by atoms with Crippen LogP contribution < -0.4 is 5.46 Å². The summed E-state index contributed by atoms with van der Waals surface area (Å²) in [6, 6.07) is 31.4. The zero-order valence-electron chi connectivity index (χ0n) is 21.6. The molecular weight excluding hydrogens is 511 g/mol. The number of hydrogen-bond donors (Lipinski definition) is 4. The topological polar surface area (TPSA) is 107 Å². The van der Waals surface area contributed by atoms with Crippen molar-refractivity contribution in [1.82, 2.24) is 9.97 Å². The molecule has 0 saturated carbocycles. The molecule has 0 spiro atoms. The Morgan fingerprint density at radius 3 is 1.68 bits per heavy atom. The summed E-state index contributed by atoms with van der Waals surface area (Å²) in [6.07, 6.45) is 1.73. The van der Waals surface area contributed by atoms with E-state index in [0.717, 1.165) is 49.3 Å². The van der Waals surface area contributed by atoms with Gasteiger partial charge in [-0.3, -0.25) is 0 Å². The Kier molecular flexibility index (Phi) is 5.54. The number of phenols is 4. The lowest BCUT2D eigenvalue weighted by atomic mass is 9.79. The Morgan fingerprint density at radius 2 is 1.05 bits per heavy atom. The summed E-state index contributed by atoms with van der Waals surface area (Å²) in [4.78, 5) is 9.10. The van der Waals surface area contributed by atoms with E-state index in [1.165, 1.54) is 0 Å². The Hall–Kier alpha value is -5.56. The predicted molar refractivity (Wildman–Crippen MR) is 163 cm³/mol. The van der Waals surface area contributed by atoms with Crippen LogP contribution in [0, 0.1) is 0 Å². The lowest BCUT2D eigenvalue weighted by molar-refractivity contribution is 0.348. The van der Waals surface area contributed by atoms with Crippen molar-refractivity contribution < 1.29 is 20.4 Å². The molecule has 0 amide bonds. The van der Waals surface area contributed by atoms with Crippen LogP contribution in [-0.4, -0.2) is 38.2 Å². The van der Waals surface area contributed by atoms with Gasteiger partial charge in [0.25, 0.3) is 0 Å². The summed E-state index contributed by atoms with van der Waals surface area (Å²) >= 11 is 0. The van der Waals surface area contributed by atoms with Crippen LogP contribution in [0.5, 0.6) is 23.0 Å². The lowest BCUT2D eigenvalue weighted by Gasteiger charge is -2.21. The highest BCUT2D eigenvalue weighted by molar-refractivity contribution is 6.40. The second-order valence-electron chi connectivity index (χ2n) is 9.85. The van der Waals surface area contributed by atoms with Crippen LogP contribution in [0.2, 0.25) is 0 Å². The summed E-state index contributed by atoms with van der Waals surface area (Å²) in [5.41, 5.74) is 4.77. The third-order valence-corrected chi connectivity index (χ3v) is 7.55. The zero-order chi connectivity index (χ0) is 28.2. The standard InChI is InChI=1S/C34H21BN2O4/c35-29-28(30(38)32(40)33(41)31(29)39)27-23-9-3-1-7-21(23)26(22-8-2-4-10-24(22)27)19-13-11-18(12-14-19)25-16-15-20-6-5-17-36-34(20)37-25/h1-17,38-41H. The van der Waals surface area contributed by atoms with Crippen LogP contribution in [0.25, 0.3) is 66.1 Å². The molecule has 41 heavy (non-hydrogen) atoms. The highest BCUT2D eigenvalue weighted by Gasteiger charge is 2.25. The quantitative estimate of drug-likeness (QED) is 0.0890. The van der Waals surface area contributed by atoms with Gasteiger partial charge in [0.1, 0.15) is 7.85 Å². The summed E-state index contributed by atoms with van der Waals surface area (Å²) in [6.45, 7) is 0. The molecule has 0 fully saturated rings. The molecule has 0 aliphatic heterocycles. The van der Waals surface area contributed by atoms with Gasteiger partial charge in [-0.1, -0.05) is 72.8 Å². The molecule has 2 heterocycles. The number of nitrogens with zero attached hydrogens (tertiary/aromatic N) is 2. The fourth-order valence-corrected chi connectivity index (χ4v) is 5.60. The van der Waals surface area contributed by atoms with Crippen molar-refractivity contribution in [2.45, 2.75) is 0 Å². The first-order valence-corrected chi connectivity index (χ1v) is 13.0. The zero-order valence-corrected chi connectivity index (χ0v) is 21.6. The minimum absolute atomic E-state index is 0.0445. The first-order chi connectivity index (χ1) is 19.9. The molecule has 0 aliphatic rings. The van der Waals surface area contributed by atoms with Crippen molar-refractivity contribution in [2.75, 3.05) is 0 Å². The third-order valence-electron chi connectivity index (χ3n) is 7.55. The van der Waals surface area contributed by atoms with Crippen molar-refractivity contribution in [3.05, 3.63) is 103 Å². The number of benzene rings is 5. The molecule has 0 unspecified atom stereocenters. The summed E-state index contributed by atoms with van der Waals surface area (Å²) in [5.74, 6) is -3.01. The van der Waals surface area contributed by atoms with Crippen LogP contribution >= 0.6 is 0 Å². The van der Waals surface area contributed by atoms with E-state index in [-0.39, 0.29) is 11.0 Å². The van der Waals surface area contributed by atoms with E-state index in [4.69, 9.17) is 12.8 Å². The van der Waals surface area contributed by atoms with Crippen LogP contribution in [0.4, 0.5) is 0 Å². The molecule has 194 valence electrons. The molecule has 7 aromatic rings. The van der Waals surface area contributed by atoms with E-state index < -0.39 is 23.0 Å². The maximum atomic E-state index is 10.9. The first-order valence-electron chi connectivity index (χ1n) is 13.0. The van der Waals surface area contributed by atoms with Crippen LogP contribution in [-0.2, 0) is 0 Å². The van der Waals surface area contributed by atoms with Gasteiger partial charge >= 0.3 is 0 Å². The van der Waals surface area contributed by atoms with E-state index in [2.05, 4.69) is 17.1 Å². The SMILES string of the molecule is [B]c1c(O)c(O)c(O)c(O)c1-c1c2ccccc2c(-c2ccc(-c3ccc4cccnc4n3)cc2)c2ccccc12. The van der Waals surface area contributed by atoms with Gasteiger partial charge < -0.3 is 20.4 Å². The second kappa shape index (κ2) is 9.28. The molecule has 0 saturated heterocycles. The smallest absolute Gasteiger partial charge is 0.204 e. The van der Waals surface area contributed by atoms with Crippen molar-refractivity contribution in [1.29, 1.82) is 0 Å². The molecule has 5 aromatic carbocycles. The molecule has 7 rings (SSSR count). The largest absolute Gasteiger partial charge is 0.505 e. The minimum Gasteiger partial charge on any atom is -0.505 e. The summed E-state index contributed by atoms with van der Waals surface area (Å²) in [7, 11) is 6.23. The monoisotopic (exact) mass is 532 g/mol.